The number of rotatable bonds is 10. The molecule has 0 aliphatic carbocycles. The number of benzene rings is 1. The predicted octanol–water partition coefficient (Wildman–Crippen LogP) is 5.27. The summed E-state index contributed by atoms with van der Waals surface area (Å²) >= 11 is 0. The van der Waals surface area contributed by atoms with Crippen LogP contribution in [0, 0.1) is 0 Å². The first-order valence-electron chi connectivity index (χ1n) is 8.11. The molecule has 180 valence electrons. The summed E-state index contributed by atoms with van der Waals surface area (Å²) in [7, 11) is 0. The van der Waals surface area contributed by atoms with Gasteiger partial charge in [-0.2, -0.15) is 57.1 Å². The second-order valence-electron chi connectivity index (χ2n) is 6.47. The van der Waals surface area contributed by atoms with Gasteiger partial charge in [0.25, 0.3) is 0 Å². The Labute approximate surface area is 166 Å². The van der Waals surface area contributed by atoms with E-state index < -0.39 is 54.9 Å². The van der Waals surface area contributed by atoms with Gasteiger partial charge in [-0.3, -0.25) is 0 Å². The zero-order valence-electron chi connectivity index (χ0n) is 14.9. The van der Waals surface area contributed by atoms with Gasteiger partial charge in [0.05, 0.1) is 6.10 Å². The Morgan fingerprint density at radius 3 is 1.58 bits per heavy atom. The summed E-state index contributed by atoms with van der Waals surface area (Å²) in [5.74, 6) is -37.2. The topological polar surface area (TPSA) is 32.3 Å². The molecular weight excluding hydrogens is 469 g/mol. The second-order valence-corrected chi connectivity index (χ2v) is 6.47. The van der Waals surface area contributed by atoms with E-state index in [1.807, 2.05) is 0 Å². The van der Waals surface area contributed by atoms with Gasteiger partial charge in [-0.25, -0.2) is 0 Å². The zero-order valence-corrected chi connectivity index (χ0v) is 14.9. The molecule has 2 N–H and O–H groups in total. The van der Waals surface area contributed by atoms with Crippen LogP contribution < -0.4 is 5.32 Å². The molecule has 1 atom stereocenters. The van der Waals surface area contributed by atoms with Crippen molar-refractivity contribution in [1.29, 1.82) is 0 Å². The lowest BCUT2D eigenvalue weighted by molar-refractivity contribution is -0.440. The molecule has 0 radical (unpaired) electrons. The largest absolute Gasteiger partial charge is 0.460 e. The van der Waals surface area contributed by atoms with Crippen LogP contribution in [-0.4, -0.2) is 53.5 Å². The Hall–Kier alpha value is -1.77. The molecular formula is C16H14F13NO. The minimum atomic E-state index is -7.94. The molecule has 0 unspecified atom stereocenters. The van der Waals surface area contributed by atoms with Crippen molar-refractivity contribution in [2.45, 2.75) is 54.9 Å². The average Bonchev–Trinajstić information content (AvgIpc) is 2.60. The van der Waals surface area contributed by atoms with E-state index in [1.165, 1.54) is 12.1 Å². The highest BCUT2D eigenvalue weighted by Crippen LogP contribution is 2.60. The van der Waals surface area contributed by atoms with E-state index >= 15 is 0 Å². The minimum Gasteiger partial charge on any atom is -0.392 e. The van der Waals surface area contributed by atoms with E-state index in [0.717, 1.165) is 0 Å². The predicted molar refractivity (Wildman–Crippen MR) is 79.6 cm³/mol. The molecule has 0 heterocycles. The fourth-order valence-corrected chi connectivity index (χ4v) is 2.28. The number of aliphatic hydroxyl groups excluding tert-OH is 1. The highest BCUT2D eigenvalue weighted by molar-refractivity contribution is 5.14. The molecule has 0 aliphatic rings. The van der Waals surface area contributed by atoms with Crippen molar-refractivity contribution in [2.75, 3.05) is 6.54 Å². The van der Waals surface area contributed by atoms with Crippen LogP contribution in [0.5, 0.6) is 0 Å². The van der Waals surface area contributed by atoms with E-state index in [4.69, 9.17) is 0 Å². The van der Waals surface area contributed by atoms with Crippen LogP contribution in [0.15, 0.2) is 30.3 Å². The smallest absolute Gasteiger partial charge is 0.392 e. The van der Waals surface area contributed by atoms with Gasteiger partial charge in [0.2, 0.25) is 0 Å². The molecule has 2 nitrogen and oxygen atoms in total. The van der Waals surface area contributed by atoms with Gasteiger partial charge in [0.15, 0.2) is 0 Å². The molecule has 1 aromatic carbocycles. The Kier molecular flexibility index (Phi) is 7.60. The van der Waals surface area contributed by atoms with Crippen molar-refractivity contribution in [2.24, 2.45) is 0 Å². The molecule has 0 saturated carbocycles. The van der Waals surface area contributed by atoms with Crippen molar-refractivity contribution in [1.82, 2.24) is 5.32 Å². The third kappa shape index (κ3) is 5.02. The molecule has 15 heteroatoms. The highest BCUT2D eigenvalue weighted by atomic mass is 19.4. The van der Waals surface area contributed by atoms with Gasteiger partial charge in [-0.1, -0.05) is 30.3 Å². The van der Waals surface area contributed by atoms with E-state index in [-0.39, 0.29) is 6.54 Å². The van der Waals surface area contributed by atoms with E-state index in [2.05, 4.69) is 5.32 Å². The number of hydrogen-bond acceptors (Lipinski definition) is 2. The molecule has 0 aliphatic heterocycles. The lowest BCUT2D eigenvalue weighted by Gasteiger charge is -2.40. The summed E-state index contributed by atoms with van der Waals surface area (Å²) in [6.45, 7) is -1.09. The third-order valence-electron chi connectivity index (χ3n) is 4.04. The molecule has 0 bridgehead atoms. The maximum absolute atomic E-state index is 13.6. The summed E-state index contributed by atoms with van der Waals surface area (Å²) in [5, 5.41) is 11.6. The third-order valence-corrected chi connectivity index (χ3v) is 4.04. The molecule has 0 spiro atoms. The minimum absolute atomic E-state index is 0.133. The summed E-state index contributed by atoms with van der Waals surface area (Å²) in [6, 6.07) is 7.69. The van der Waals surface area contributed by atoms with Crippen molar-refractivity contribution < 1.29 is 62.2 Å². The quantitative estimate of drug-likeness (QED) is 0.445. The van der Waals surface area contributed by atoms with Crippen LogP contribution >= 0.6 is 0 Å². The fourth-order valence-electron chi connectivity index (χ4n) is 2.28. The summed E-state index contributed by atoms with van der Waals surface area (Å²) in [5.41, 5.74) is 0.507. The first kappa shape index (κ1) is 27.3. The molecule has 1 aromatic rings. The van der Waals surface area contributed by atoms with Crippen molar-refractivity contribution >= 4 is 0 Å². The summed E-state index contributed by atoms with van der Waals surface area (Å²) < 4.78 is 169. The van der Waals surface area contributed by atoms with Gasteiger partial charge in [-0.15, -0.1) is 0 Å². The van der Waals surface area contributed by atoms with Gasteiger partial charge < -0.3 is 10.4 Å². The lowest BCUT2D eigenvalue weighted by Crippen LogP contribution is -2.70. The monoisotopic (exact) mass is 483 g/mol. The zero-order chi connectivity index (χ0) is 24.5. The van der Waals surface area contributed by atoms with Crippen LogP contribution in [0.2, 0.25) is 0 Å². The normalized spacial score (nSPS) is 15.8. The standard InChI is InChI=1S/C16H14F13NO/c17-11(18,6-10(31)8-30-7-9-4-2-1-3-5-9)12(19,20)13(21,22)14(23,24)15(25,26)16(27,28)29/h1-5,10,30-31H,6-8H2/t10-/m0/s1. The highest BCUT2D eigenvalue weighted by Gasteiger charge is 2.90. The molecule has 0 fully saturated rings. The van der Waals surface area contributed by atoms with Crippen molar-refractivity contribution in [3.63, 3.8) is 0 Å². The molecule has 0 saturated heterocycles. The van der Waals surface area contributed by atoms with Crippen LogP contribution in [0.25, 0.3) is 0 Å². The van der Waals surface area contributed by atoms with E-state index in [9.17, 15) is 62.2 Å². The van der Waals surface area contributed by atoms with Crippen molar-refractivity contribution in [3.8, 4) is 0 Å². The number of aliphatic hydroxyl groups is 1. The summed E-state index contributed by atoms with van der Waals surface area (Å²) in [4.78, 5) is 0. The molecule has 0 amide bonds. The lowest BCUT2D eigenvalue weighted by atomic mass is 9.91. The second kappa shape index (κ2) is 8.64. The van der Waals surface area contributed by atoms with E-state index in [1.54, 1.807) is 18.2 Å². The first-order chi connectivity index (χ1) is 13.7. The fraction of sp³-hybridized carbons (Fsp3) is 0.625. The van der Waals surface area contributed by atoms with Crippen LogP contribution in [0.1, 0.15) is 12.0 Å². The number of hydrogen-bond donors (Lipinski definition) is 2. The Morgan fingerprint density at radius 2 is 1.13 bits per heavy atom. The number of halogens is 13. The van der Waals surface area contributed by atoms with Gasteiger partial charge in [0, 0.05) is 19.5 Å². The number of nitrogens with one attached hydrogen (secondary N) is 1. The van der Waals surface area contributed by atoms with Gasteiger partial charge >= 0.3 is 35.8 Å². The molecule has 31 heavy (non-hydrogen) atoms. The van der Waals surface area contributed by atoms with Gasteiger partial charge in [0.1, 0.15) is 0 Å². The first-order valence-corrected chi connectivity index (χ1v) is 8.11. The SMILES string of the molecule is O[C@H](CNCc1ccccc1)CC(F)(F)C(F)(F)C(F)(F)C(F)(F)C(F)(F)C(F)(F)F. The van der Waals surface area contributed by atoms with Gasteiger partial charge in [-0.05, 0) is 5.56 Å². The Balaban J connectivity index is 2.99. The van der Waals surface area contributed by atoms with Crippen LogP contribution in [0.4, 0.5) is 57.1 Å². The molecule has 1 rings (SSSR count). The number of alkyl halides is 13. The summed E-state index contributed by atoms with van der Waals surface area (Å²) in [6.07, 6.45) is -12.7. The average molecular weight is 483 g/mol. The van der Waals surface area contributed by atoms with Crippen LogP contribution in [-0.2, 0) is 6.54 Å². The molecule has 0 aromatic heterocycles. The van der Waals surface area contributed by atoms with E-state index in [0.29, 0.717) is 5.56 Å². The van der Waals surface area contributed by atoms with Crippen molar-refractivity contribution in [3.05, 3.63) is 35.9 Å². The Morgan fingerprint density at radius 1 is 0.677 bits per heavy atom. The maximum Gasteiger partial charge on any atom is 0.460 e. The maximum atomic E-state index is 13.6. The van der Waals surface area contributed by atoms with Crippen LogP contribution in [0.3, 0.4) is 0 Å². The Bertz CT molecular complexity index is 718.